The highest BCUT2D eigenvalue weighted by Gasteiger charge is 2.23. The van der Waals surface area contributed by atoms with E-state index in [1.807, 2.05) is 0 Å². The smallest absolute Gasteiger partial charge is 0.339 e. The molecule has 0 spiro atoms. The molecule has 5 heteroatoms. The van der Waals surface area contributed by atoms with Crippen molar-refractivity contribution < 1.29 is 15.0 Å². The molecule has 0 saturated heterocycles. The van der Waals surface area contributed by atoms with Crippen molar-refractivity contribution in [2.45, 2.75) is 31.8 Å². The number of carboxylic acids is 1. The molecule has 1 aliphatic rings. The average Bonchev–Trinajstić information content (AvgIpc) is 2.38. The number of hydrogen-bond acceptors (Lipinski definition) is 4. The second-order valence-corrected chi connectivity index (χ2v) is 4.70. The second kappa shape index (κ2) is 5.82. The predicted octanol–water partition coefficient (Wildman–Crippen LogP) is 1.74. The molecule has 1 aromatic rings. The summed E-state index contributed by atoms with van der Waals surface area (Å²) >= 11 is 0. The lowest BCUT2D eigenvalue weighted by Gasteiger charge is -2.27. The summed E-state index contributed by atoms with van der Waals surface area (Å²) in [6.07, 6.45) is 5.28. The predicted molar refractivity (Wildman–Crippen MR) is 67.7 cm³/mol. The Bertz CT molecular complexity index is 422. The van der Waals surface area contributed by atoms with Crippen molar-refractivity contribution in [3.63, 3.8) is 0 Å². The van der Waals surface area contributed by atoms with Crippen LogP contribution in [0.3, 0.4) is 0 Å². The first-order valence-corrected chi connectivity index (χ1v) is 6.28. The molecule has 98 valence electrons. The van der Waals surface area contributed by atoms with Gasteiger partial charge >= 0.3 is 5.97 Å². The molecule has 1 saturated carbocycles. The van der Waals surface area contributed by atoms with Crippen LogP contribution in [-0.2, 0) is 0 Å². The van der Waals surface area contributed by atoms with E-state index in [0.717, 1.165) is 25.7 Å². The van der Waals surface area contributed by atoms with Gasteiger partial charge in [0.2, 0.25) is 0 Å². The van der Waals surface area contributed by atoms with E-state index in [0.29, 0.717) is 12.4 Å². The molecular formula is C13H18N2O3. The van der Waals surface area contributed by atoms with Crippen molar-refractivity contribution in [3.8, 4) is 0 Å². The van der Waals surface area contributed by atoms with Crippen LogP contribution >= 0.6 is 0 Å². The number of nitrogens with one attached hydrogen (secondary N) is 1. The van der Waals surface area contributed by atoms with Gasteiger partial charge in [0.25, 0.3) is 0 Å². The third-order valence-corrected chi connectivity index (χ3v) is 3.44. The Kier molecular flexibility index (Phi) is 4.15. The van der Waals surface area contributed by atoms with E-state index in [4.69, 9.17) is 5.11 Å². The van der Waals surface area contributed by atoms with E-state index in [-0.39, 0.29) is 17.6 Å². The van der Waals surface area contributed by atoms with Crippen molar-refractivity contribution in [3.05, 3.63) is 23.9 Å². The van der Waals surface area contributed by atoms with E-state index in [1.54, 1.807) is 12.3 Å². The van der Waals surface area contributed by atoms with Crippen LogP contribution in [0.1, 0.15) is 36.0 Å². The van der Waals surface area contributed by atoms with Gasteiger partial charge in [-0.1, -0.05) is 12.8 Å². The fraction of sp³-hybridized carbons (Fsp3) is 0.538. The highest BCUT2D eigenvalue weighted by Crippen LogP contribution is 2.24. The van der Waals surface area contributed by atoms with Gasteiger partial charge in [-0.2, -0.15) is 0 Å². The molecule has 0 amide bonds. The fourth-order valence-electron chi connectivity index (χ4n) is 2.37. The Hall–Kier alpha value is -1.62. The van der Waals surface area contributed by atoms with E-state index < -0.39 is 5.97 Å². The van der Waals surface area contributed by atoms with Crippen LogP contribution in [0.2, 0.25) is 0 Å². The van der Waals surface area contributed by atoms with Gasteiger partial charge < -0.3 is 15.5 Å². The third kappa shape index (κ3) is 2.98. The first-order chi connectivity index (χ1) is 8.68. The summed E-state index contributed by atoms with van der Waals surface area (Å²) in [5, 5.41) is 21.9. The number of aromatic nitrogens is 1. The molecule has 0 aliphatic heterocycles. The fourth-order valence-corrected chi connectivity index (χ4v) is 2.37. The molecule has 3 N–H and O–H groups in total. The van der Waals surface area contributed by atoms with E-state index >= 15 is 0 Å². The summed E-state index contributed by atoms with van der Waals surface area (Å²) in [7, 11) is 0. The molecule has 5 nitrogen and oxygen atoms in total. The van der Waals surface area contributed by atoms with Crippen molar-refractivity contribution >= 4 is 11.8 Å². The first-order valence-electron chi connectivity index (χ1n) is 6.28. The maximum atomic E-state index is 11.0. The summed E-state index contributed by atoms with van der Waals surface area (Å²) in [6.45, 7) is 0.568. The third-order valence-electron chi connectivity index (χ3n) is 3.44. The summed E-state index contributed by atoms with van der Waals surface area (Å²) in [6, 6.07) is 3.12. The normalized spacial score (nSPS) is 23.6. The number of aromatic carboxylic acids is 1. The average molecular weight is 250 g/mol. The van der Waals surface area contributed by atoms with E-state index in [1.165, 1.54) is 6.07 Å². The van der Waals surface area contributed by atoms with Gasteiger partial charge in [-0.25, -0.2) is 9.78 Å². The maximum absolute atomic E-state index is 11.0. The highest BCUT2D eigenvalue weighted by molar-refractivity contribution is 5.92. The molecule has 2 atom stereocenters. The molecule has 1 aliphatic carbocycles. The van der Waals surface area contributed by atoms with Crippen LogP contribution in [0.4, 0.5) is 5.82 Å². The number of carbonyl (C=O) groups is 1. The second-order valence-electron chi connectivity index (χ2n) is 4.70. The Morgan fingerprint density at radius 2 is 2.22 bits per heavy atom. The molecule has 18 heavy (non-hydrogen) atoms. The Labute approximate surface area is 106 Å². The summed E-state index contributed by atoms with van der Waals surface area (Å²) in [5.74, 6) is -0.431. The van der Waals surface area contributed by atoms with Gasteiger partial charge in [-0.3, -0.25) is 0 Å². The van der Waals surface area contributed by atoms with Crippen molar-refractivity contribution in [2.75, 3.05) is 11.9 Å². The SMILES string of the molecule is O=C(O)c1cccnc1NCC1CCCCC1O. The molecule has 1 aromatic heterocycles. The number of pyridine rings is 1. The van der Waals surface area contributed by atoms with Gasteiger partial charge in [0, 0.05) is 18.7 Å². The van der Waals surface area contributed by atoms with Crippen LogP contribution in [0.25, 0.3) is 0 Å². The minimum absolute atomic E-state index is 0.169. The largest absolute Gasteiger partial charge is 0.478 e. The topological polar surface area (TPSA) is 82.5 Å². The number of rotatable bonds is 4. The molecule has 0 radical (unpaired) electrons. The van der Waals surface area contributed by atoms with Crippen LogP contribution in [-0.4, -0.2) is 33.8 Å². The monoisotopic (exact) mass is 250 g/mol. The lowest BCUT2D eigenvalue weighted by molar-refractivity contribution is 0.0697. The van der Waals surface area contributed by atoms with Crippen LogP contribution in [0.5, 0.6) is 0 Å². The zero-order valence-electron chi connectivity index (χ0n) is 10.2. The number of aliphatic hydroxyl groups excluding tert-OH is 1. The number of carboxylic acid groups (broad SMARTS) is 1. The zero-order chi connectivity index (χ0) is 13.0. The molecule has 1 fully saturated rings. The van der Waals surface area contributed by atoms with E-state index in [2.05, 4.69) is 10.3 Å². The minimum Gasteiger partial charge on any atom is -0.478 e. The van der Waals surface area contributed by atoms with Gasteiger partial charge in [-0.15, -0.1) is 0 Å². The van der Waals surface area contributed by atoms with Gasteiger partial charge in [0.05, 0.1) is 6.10 Å². The number of nitrogens with zero attached hydrogens (tertiary/aromatic N) is 1. The molecular weight excluding hydrogens is 232 g/mol. The molecule has 2 unspecified atom stereocenters. The highest BCUT2D eigenvalue weighted by atomic mass is 16.4. The molecule has 0 aromatic carbocycles. The standard InChI is InChI=1S/C13H18N2O3/c16-11-6-2-1-4-9(11)8-15-12-10(13(17)18)5-3-7-14-12/h3,5,7,9,11,16H,1-2,4,6,8H2,(H,14,15)(H,17,18). The summed E-state index contributed by atoms with van der Waals surface area (Å²) in [4.78, 5) is 15.0. The lowest BCUT2D eigenvalue weighted by atomic mass is 9.86. The van der Waals surface area contributed by atoms with E-state index in [9.17, 15) is 9.90 Å². The Balaban J connectivity index is 1.99. The first kappa shape index (κ1) is 12.8. The van der Waals surface area contributed by atoms with Crippen molar-refractivity contribution in [2.24, 2.45) is 5.92 Å². The van der Waals surface area contributed by atoms with Gasteiger partial charge in [-0.05, 0) is 25.0 Å². The zero-order valence-corrected chi connectivity index (χ0v) is 10.2. The van der Waals surface area contributed by atoms with Crippen LogP contribution < -0.4 is 5.32 Å². The Morgan fingerprint density at radius 1 is 1.44 bits per heavy atom. The summed E-state index contributed by atoms with van der Waals surface area (Å²) < 4.78 is 0. The molecule has 0 bridgehead atoms. The van der Waals surface area contributed by atoms with Crippen molar-refractivity contribution in [1.29, 1.82) is 0 Å². The van der Waals surface area contributed by atoms with Crippen molar-refractivity contribution in [1.82, 2.24) is 4.98 Å². The van der Waals surface area contributed by atoms with Crippen LogP contribution in [0, 0.1) is 5.92 Å². The maximum Gasteiger partial charge on any atom is 0.339 e. The minimum atomic E-state index is -0.991. The Morgan fingerprint density at radius 3 is 2.94 bits per heavy atom. The number of aliphatic hydroxyl groups is 1. The number of anilines is 1. The lowest BCUT2D eigenvalue weighted by Crippen LogP contribution is -2.30. The van der Waals surface area contributed by atoms with Crippen LogP contribution in [0.15, 0.2) is 18.3 Å². The molecule has 2 rings (SSSR count). The van der Waals surface area contributed by atoms with Gasteiger partial charge in [0.15, 0.2) is 0 Å². The number of hydrogen-bond donors (Lipinski definition) is 3. The molecule has 1 heterocycles. The quantitative estimate of drug-likeness (QED) is 0.758. The summed E-state index contributed by atoms with van der Waals surface area (Å²) in [5.41, 5.74) is 0.169. The van der Waals surface area contributed by atoms with Gasteiger partial charge in [0.1, 0.15) is 11.4 Å².